The first-order chi connectivity index (χ1) is 7.96. The summed E-state index contributed by atoms with van der Waals surface area (Å²) in [6.45, 7) is 11.0. The monoisotopic (exact) mass is 233 g/mol. The molecule has 1 fully saturated rings. The van der Waals surface area contributed by atoms with Crippen molar-refractivity contribution in [3.63, 3.8) is 0 Å². The van der Waals surface area contributed by atoms with E-state index in [1.165, 1.54) is 19.3 Å². The molecule has 0 atom stereocenters. The zero-order valence-corrected chi connectivity index (χ0v) is 11.5. The summed E-state index contributed by atoms with van der Waals surface area (Å²) >= 11 is 0. The Hall–Kier alpha value is -1.12. The molecule has 0 bridgehead atoms. The number of hydrogen-bond donors (Lipinski definition) is 0. The first-order valence-electron chi connectivity index (χ1n) is 6.53. The average Bonchev–Trinajstić information content (AvgIpc) is 2.38. The van der Waals surface area contributed by atoms with E-state index in [4.69, 9.17) is 0 Å². The second kappa shape index (κ2) is 4.63. The summed E-state index contributed by atoms with van der Waals surface area (Å²) in [5.41, 5.74) is 2.60. The van der Waals surface area contributed by atoms with Crippen LogP contribution in [0.25, 0.3) is 0 Å². The van der Waals surface area contributed by atoms with Crippen molar-refractivity contribution in [2.24, 2.45) is 5.41 Å². The van der Waals surface area contributed by atoms with Crippen LogP contribution in [-0.4, -0.2) is 23.1 Å². The van der Waals surface area contributed by atoms with Gasteiger partial charge in [0.15, 0.2) is 0 Å². The van der Waals surface area contributed by atoms with Crippen LogP contribution < -0.4 is 4.90 Å². The predicted molar refractivity (Wildman–Crippen MR) is 71.4 cm³/mol. The highest BCUT2D eigenvalue weighted by Crippen LogP contribution is 2.30. The van der Waals surface area contributed by atoms with Gasteiger partial charge in [-0.1, -0.05) is 13.8 Å². The third-order valence-electron chi connectivity index (χ3n) is 3.59. The molecule has 94 valence electrons. The van der Waals surface area contributed by atoms with Crippen molar-refractivity contribution >= 4 is 5.95 Å². The van der Waals surface area contributed by atoms with E-state index in [-0.39, 0.29) is 0 Å². The van der Waals surface area contributed by atoms with Crippen molar-refractivity contribution < 1.29 is 0 Å². The molecule has 0 saturated carbocycles. The molecule has 0 aliphatic carbocycles. The normalized spacial score (nSPS) is 20.1. The molecule has 0 unspecified atom stereocenters. The van der Waals surface area contributed by atoms with Gasteiger partial charge < -0.3 is 4.90 Å². The van der Waals surface area contributed by atoms with E-state index in [1.807, 2.05) is 19.9 Å². The fourth-order valence-corrected chi connectivity index (χ4v) is 2.47. The van der Waals surface area contributed by atoms with Crippen molar-refractivity contribution in [1.29, 1.82) is 0 Å². The predicted octanol–water partition coefficient (Wildman–Crippen LogP) is 3.11. The second-order valence-corrected chi connectivity index (χ2v) is 5.96. The molecule has 1 saturated heterocycles. The third kappa shape index (κ3) is 3.18. The Morgan fingerprint density at radius 1 is 1.06 bits per heavy atom. The van der Waals surface area contributed by atoms with Crippen LogP contribution >= 0.6 is 0 Å². The maximum absolute atomic E-state index is 4.56. The maximum atomic E-state index is 4.56. The van der Waals surface area contributed by atoms with Crippen LogP contribution in [0.5, 0.6) is 0 Å². The minimum absolute atomic E-state index is 0.466. The first-order valence-corrected chi connectivity index (χ1v) is 6.53. The van der Waals surface area contributed by atoms with Crippen LogP contribution in [0.4, 0.5) is 5.95 Å². The molecule has 3 heteroatoms. The average molecular weight is 233 g/mol. The van der Waals surface area contributed by atoms with E-state index in [0.717, 1.165) is 30.4 Å². The molecule has 1 aliphatic heterocycles. The number of aryl methyl sites for hydroxylation is 2. The van der Waals surface area contributed by atoms with E-state index < -0.39 is 0 Å². The van der Waals surface area contributed by atoms with Gasteiger partial charge in [0.1, 0.15) is 0 Å². The zero-order valence-electron chi connectivity index (χ0n) is 11.5. The first kappa shape index (κ1) is 12.3. The molecular formula is C14H23N3. The Morgan fingerprint density at radius 2 is 1.71 bits per heavy atom. The minimum atomic E-state index is 0.466. The molecule has 1 aromatic heterocycles. The topological polar surface area (TPSA) is 29.0 Å². The fraction of sp³-hybridized carbons (Fsp3) is 0.714. The van der Waals surface area contributed by atoms with Crippen LogP contribution in [-0.2, 0) is 0 Å². The van der Waals surface area contributed by atoms with Crippen LogP contribution in [0.2, 0.25) is 0 Å². The molecule has 0 radical (unpaired) electrons. The maximum Gasteiger partial charge on any atom is 0.225 e. The summed E-state index contributed by atoms with van der Waals surface area (Å²) in [7, 11) is 0. The van der Waals surface area contributed by atoms with E-state index in [1.54, 1.807) is 0 Å². The molecule has 2 rings (SSSR count). The Kier molecular flexibility index (Phi) is 3.36. The Morgan fingerprint density at radius 3 is 2.35 bits per heavy atom. The fourth-order valence-electron chi connectivity index (χ4n) is 2.47. The Balaban J connectivity index is 2.17. The largest absolute Gasteiger partial charge is 0.341 e. The van der Waals surface area contributed by atoms with Gasteiger partial charge in [0.25, 0.3) is 0 Å². The molecule has 1 aromatic rings. The summed E-state index contributed by atoms with van der Waals surface area (Å²) in [4.78, 5) is 11.5. The van der Waals surface area contributed by atoms with Crippen molar-refractivity contribution in [2.75, 3.05) is 18.0 Å². The molecule has 17 heavy (non-hydrogen) atoms. The van der Waals surface area contributed by atoms with Crippen LogP contribution in [0.15, 0.2) is 6.07 Å². The third-order valence-corrected chi connectivity index (χ3v) is 3.59. The second-order valence-electron chi connectivity index (χ2n) is 5.96. The van der Waals surface area contributed by atoms with E-state index >= 15 is 0 Å². The Bertz CT molecular complexity index is 378. The highest BCUT2D eigenvalue weighted by Gasteiger charge is 2.24. The van der Waals surface area contributed by atoms with Gasteiger partial charge in [-0.05, 0) is 44.6 Å². The molecule has 0 amide bonds. The summed E-state index contributed by atoms with van der Waals surface area (Å²) in [6.07, 6.45) is 3.76. The van der Waals surface area contributed by atoms with Gasteiger partial charge in [-0.3, -0.25) is 0 Å². The smallest absolute Gasteiger partial charge is 0.225 e. The lowest BCUT2D eigenvalue weighted by Gasteiger charge is -2.23. The lowest BCUT2D eigenvalue weighted by molar-refractivity contribution is 0.325. The number of aromatic nitrogens is 2. The van der Waals surface area contributed by atoms with E-state index in [0.29, 0.717) is 5.41 Å². The highest BCUT2D eigenvalue weighted by molar-refractivity contribution is 5.32. The molecule has 1 aliphatic rings. The summed E-state index contributed by atoms with van der Waals surface area (Å²) in [5.74, 6) is 0.917. The van der Waals surface area contributed by atoms with Gasteiger partial charge >= 0.3 is 0 Å². The van der Waals surface area contributed by atoms with Crippen LogP contribution in [0.3, 0.4) is 0 Å². The summed E-state index contributed by atoms with van der Waals surface area (Å²) in [6, 6.07) is 2.03. The number of rotatable bonds is 1. The van der Waals surface area contributed by atoms with Crippen LogP contribution in [0, 0.1) is 19.3 Å². The van der Waals surface area contributed by atoms with Gasteiger partial charge in [-0.25, -0.2) is 9.97 Å². The number of hydrogen-bond acceptors (Lipinski definition) is 3. The van der Waals surface area contributed by atoms with E-state index in [9.17, 15) is 0 Å². The molecule has 0 spiro atoms. The van der Waals surface area contributed by atoms with Gasteiger partial charge in [0.05, 0.1) is 0 Å². The van der Waals surface area contributed by atoms with E-state index in [2.05, 4.69) is 28.7 Å². The van der Waals surface area contributed by atoms with Gasteiger partial charge in [0, 0.05) is 24.5 Å². The van der Waals surface area contributed by atoms with Crippen molar-refractivity contribution in [3.05, 3.63) is 17.5 Å². The molecule has 0 aromatic carbocycles. The molecule has 2 heterocycles. The van der Waals surface area contributed by atoms with Crippen molar-refractivity contribution in [3.8, 4) is 0 Å². The molecule has 0 N–H and O–H groups in total. The molecular weight excluding hydrogens is 210 g/mol. The highest BCUT2D eigenvalue weighted by atomic mass is 15.2. The number of nitrogens with zero attached hydrogens (tertiary/aromatic N) is 3. The standard InChI is InChI=1S/C14H23N3/c1-11-10-12(2)16-13(15-11)17-8-5-6-14(3,4)7-9-17/h10H,5-9H2,1-4H3. The minimum Gasteiger partial charge on any atom is -0.341 e. The summed E-state index contributed by atoms with van der Waals surface area (Å²) < 4.78 is 0. The lowest BCUT2D eigenvalue weighted by atomic mass is 9.85. The SMILES string of the molecule is Cc1cc(C)nc(N2CCCC(C)(C)CC2)n1. The van der Waals surface area contributed by atoms with Crippen LogP contribution in [0.1, 0.15) is 44.5 Å². The van der Waals surface area contributed by atoms with Crippen molar-refractivity contribution in [1.82, 2.24) is 9.97 Å². The van der Waals surface area contributed by atoms with Gasteiger partial charge in [0.2, 0.25) is 5.95 Å². The number of anilines is 1. The Labute approximate surface area is 104 Å². The van der Waals surface area contributed by atoms with Gasteiger partial charge in [-0.2, -0.15) is 0 Å². The van der Waals surface area contributed by atoms with Gasteiger partial charge in [-0.15, -0.1) is 0 Å². The molecule has 3 nitrogen and oxygen atoms in total. The summed E-state index contributed by atoms with van der Waals surface area (Å²) in [5, 5.41) is 0. The quantitative estimate of drug-likeness (QED) is 0.746. The lowest BCUT2D eigenvalue weighted by Crippen LogP contribution is -2.27. The zero-order chi connectivity index (χ0) is 12.5. The van der Waals surface area contributed by atoms with Crippen molar-refractivity contribution in [2.45, 2.75) is 47.0 Å².